The van der Waals surface area contributed by atoms with Crippen molar-refractivity contribution in [1.82, 2.24) is 21.0 Å². The molecule has 10 nitrogen and oxygen atoms in total. The highest BCUT2D eigenvalue weighted by molar-refractivity contribution is 5.88. The van der Waals surface area contributed by atoms with Gasteiger partial charge in [-0.1, -0.05) is 26.2 Å². The number of hydrogen-bond donors (Lipinski definition) is 4. The number of amides is 3. The van der Waals surface area contributed by atoms with E-state index in [1.807, 2.05) is 4.90 Å². The molecule has 0 aliphatic carbocycles. The molecule has 0 radical (unpaired) electrons. The molecule has 2 saturated heterocycles. The molecule has 32 heavy (non-hydrogen) atoms. The van der Waals surface area contributed by atoms with Gasteiger partial charge in [0.2, 0.25) is 17.7 Å². The Morgan fingerprint density at radius 1 is 0.906 bits per heavy atom. The van der Waals surface area contributed by atoms with Crippen molar-refractivity contribution in [2.24, 2.45) is 11.8 Å². The predicted molar refractivity (Wildman–Crippen MR) is 116 cm³/mol. The number of rotatable bonds is 14. The van der Waals surface area contributed by atoms with Gasteiger partial charge in [0.25, 0.3) is 0 Å². The molecule has 2 fully saturated rings. The average Bonchev–Trinajstić information content (AvgIpc) is 3.32. The van der Waals surface area contributed by atoms with Crippen molar-refractivity contribution in [2.75, 3.05) is 26.7 Å². The van der Waals surface area contributed by atoms with Gasteiger partial charge in [-0.05, 0) is 32.1 Å². The number of ether oxygens (including phenoxy) is 1. The zero-order valence-electron chi connectivity index (χ0n) is 19.2. The fourth-order valence-electron chi connectivity index (χ4n) is 4.98. The third-order valence-electron chi connectivity index (χ3n) is 6.54. The van der Waals surface area contributed by atoms with Gasteiger partial charge in [-0.3, -0.25) is 29.3 Å². The minimum atomic E-state index is -0.570. The zero-order valence-corrected chi connectivity index (χ0v) is 19.2. The standard InChI is InChI=1S/C22H38N4O6/c1-3-4-7-12-23-18(28)14-26-15-10-11-16(26)20(22(30)32-2)19(15)21(29)24-13-8-5-6-9-17(27)25-31/h15-16,19-20,31H,3-14H2,1-2H3,(H,23,28)(H,24,29)(H,25,27)/t15-,16+,19+,20+/m0/s1. The van der Waals surface area contributed by atoms with Crippen molar-refractivity contribution in [3.05, 3.63) is 0 Å². The normalized spacial score (nSPS) is 24.2. The highest BCUT2D eigenvalue weighted by Gasteiger charge is 2.59. The number of esters is 1. The van der Waals surface area contributed by atoms with E-state index >= 15 is 0 Å². The molecule has 0 spiro atoms. The van der Waals surface area contributed by atoms with E-state index in [1.54, 1.807) is 5.48 Å². The van der Waals surface area contributed by atoms with Gasteiger partial charge in [-0.2, -0.15) is 0 Å². The second-order valence-electron chi connectivity index (χ2n) is 8.65. The lowest BCUT2D eigenvalue weighted by Gasteiger charge is -2.26. The minimum Gasteiger partial charge on any atom is -0.469 e. The van der Waals surface area contributed by atoms with Gasteiger partial charge in [0.1, 0.15) is 0 Å². The first-order valence-electron chi connectivity index (χ1n) is 11.8. The van der Waals surface area contributed by atoms with E-state index in [9.17, 15) is 19.2 Å². The molecule has 10 heteroatoms. The second-order valence-corrected chi connectivity index (χ2v) is 8.65. The van der Waals surface area contributed by atoms with Crippen LogP contribution in [-0.4, -0.2) is 72.6 Å². The summed E-state index contributed by atoms with van der Waals surface area (Å²) in [6.45, 7) is 3.38. The molecule has 2 aliphatic rings. The van der Waals surface area contributed by atoms with E-state index in [4.69, 9.17) is 9.94 Å². The summed E-state index contributed by atoms with van der Waals surface area (Å²) < 4.78 is 5.00. The molecule has 4 N–H and O–H groups in total. The Morgan fingerprint density at radius 3 is 2.22 bits per heavy atom. The fraction of sp³-hybridized carbons (Fsp3) is 0.818. The van der Waals surface area contributed by atoms with Crippen molar-refractivity contribution < 1.29 is 29.1 Å². The van der Waals surface area contributed by atoms with Crippen LogP contribution in [0.15, 0.2) is 0 Å². The monoisotopic (exact) mass is 454 g/mol. The van der Waals surface area contributed by atoms with Crippen LogP contribution in [0, 0.1) is 11.8 Å². The first-order chi connectivity index (χ1) is 15.4. The lowest BCUT2D eigenvalue weighted by Crippen LogP contribution is -2.44. The summed E-state index contributed by atoms with van der Waals surface area (Å²) >= 11 is 0. The number of nitrogens with zero attached hydrogens (tertiary/aromatic N) is 1. The summed E-state index contributed by atoms with van der Waals surface area (Å²) in [5, 5.41) is 14.3. The fourth-order valence-corrected chi connectivity index (χ4v) is 4.98. The van der Waals surface area contributed by atoms with Crippen molar-refractivity contribution in [3.8, 4) is 0 Å². The summed E-state index contributed by atoms with van der Waals surface area (Å²) in [5.74, 6) is -2.19. The quantitative estimate of drug-likeness (QED) is 0.131. The Labute approximate surface area is 189 Å². The second kappa shape index (κ2) is 13.4. The molecule has 2 bridgehead atoms. The number of fused-ring (bicyclic) bond motifs is 2. The lowest BCUT2D eigenvalue weighted by molar-refractivity contribution is -0.151. The summed E-state index contributed by atoms with van der Waals surface area (Å²) in [5.41, 5.74) is 1.60. The summed E-state index contributed by atoms with van der Waals surface area (Å²) in [4.78, 5) is 51.0. The summed E-state index contributed by atoms with van der Waals surface area (Å²) in [6.07, 6.45) is 6.90. The SMILES string of the molecule is CCCCCNC(=O)CN1[C@@H]2CC[C@H]1[C@@H](C(=O)NCCCCCC(=O)NO)[C@@H]2C(=O)OC. The van der Waals surface area contributed by atoms with E-state index in [0.29, 0.717) is 25.9 Å². The van der Waals surface area contributed by atoms with Gasteiger partial charge < -0.3 is 15.4 Å². The maximum Gasteiger partial charge on any atom is 0.311 e. The number of hydrogen-bond acceptors (Lipinski definition) is 7. The molecular weight excluding hydrogens is 416 g/mol. The highest BCUT2D eigenvalue weighted by atomic mass is 16.5. The van der Waals surface area contributed by atoms with Gasteiger partial charge in [0.05, 0.1) is 25.5 Å². The molecule has 4 atom stereocenters. The van der Waals surface area contributed by atoms with Crippen LogP contribution in [-0.2, 0) is 23.9 Å². The van der Waals surface area contributed by atoms with Gasteiger partial charge in [-0.25, -0.2) is 5.48 Å². The summed E-state index contributed by atoms with van der Waals surface area (Å²) in [7, 11) is 1.33. The molecule has 0 saturated carbocycles. The molecular formula is C22H38N4O6. The Bertz CT molecular complexity index is 658. The maximum atomic E-state index is 13.0. The smallest absolute Gasteiger partial charge is 0.311 e. The third-order valence-corrected chi connectivity index (χ3v) is 6.54. The van der Waals surface area contributed by atoms with Crippen LogP contribution in [0.25, 0.3) is 0 Å². The molecule has 0 aromatic rings. The van der Waals surface area contributed by atoms with E-state index in [1.165, 1.54) is 7.11 Å². The van der Waals surface area contributed by atoms with E-state index < -0.39 is 23.7 Å². The number of methoxy groups -OCH3 is 1. The average molecular weight is 455 g/mol. The molecule has 182 valence electrons. The van der Waals surface area contributed by atoms with E-state index in [2.05, 4.69) is 17.6 Å². The first kappa shape index (κ1) is 26.1. The van der Waals surface area contributed by atoms with Crippen molar-refractivity contribution in [3.63, 3.8) is 0 Å². The van der Waals surface area contributed by atoms with Crippen LogP contribution in [0.1, 0.15) is 64.7 Å². The molecule has 0 aromatic heterocycles. The highest BCUT2D eigenvalue weighted by Crippen LogP contribution is 2.46. The van der Waals surface area contributed by atoms with Crippen LogP contribution in [0.5, 0.6) is 0 Å². The summed E-state index contributed by atoms with van der Waals surface area (Å²) in [6, 6.07) is -0.319. The number of nitrogens with one attached hydrogen (secondary N) is 3. The molecule has 0 aromatic carbocycles. The largest absolute Gasteiger partial charge is 0.469 e. The number of hydroxylamine groups is 1. The lowest BCUT2D eigenvalue weighted by atomic mass is 9.78. The van der Waals surface area contributed by atoms with Crippen LogP contribution in [0.3, 0.4) is 0 Å². The minimum absolute atomic E-state index is 0.0745. The van der Waals surface area contributed by atoms with Gasteiger partial charge in [0.15, 0.2) is 0 Å². The predicted octanol–water partition coefficient (Wildman–Crippen LogP) is 0.727. The van der Waals surface area contributed by atoms with Gasteiger partial charge in [-0.15, -0.1) is 0 Å². The van der Waals surface area contributed by atoms with Gasteiger partial charge >= 0.3 is 5.97 Å². The molecule has 2 aliphatic heterocycles. The molecule has 2 heterocycles. The molecule has 2 rings (SSSR count). The van der Waals surface area contributed by atoms with Crippen LogP contribution in [0.2, 0.25) is 0 Å². The topological polar surface area (TPSA) is 137 Å². The first-order valence-corrected chi connectivity index (χ1v) is 11.8. The molecule has 3 amide bonds. The Morgan fingerprint density at radius 2 is 1.56 bits per heavy atom. The number of carbonyl (C=O) groups is 4. The van der Waals surface area contributed by atoms with E-state index in [0.717, 1.165) is 38.5 Å². The van der Waals surface area contributed by atoms with Crippen molar-refractivity contribution >= 4 is 23.7 Å². The van der Waals surface area contributed by atoms with Crippen LogP contribution in [0.4, 0.5) is 0 Å². The Kier molecular flexibility index (Phi) is 10.9. The van der Waals surface area contributed by atoms with Crippen molar-refractivity contribution in [1.29, 1.82) is 0 Å². The van der Waals surface area contributed by atoms with Gasteiger partial charge in [0, 0.05) is 31.6 Å². The Hall–Kier alpha value is -2.20. The number of unbranched alkanes of at least 4 members (excludes halogenated alkanes) is 4. The third kappa shape index (κ3) is 6.90. The van der Waals surface area contributed by atoms with Crippen LogP contribution >= 0.6 is 0 Å². The molecule has 0 unspecified atom stereocenters. The zero-order chi connectivity index (χ0) is 23.5. The number of carbonyl (C=O) groups excluding carboxylic acids is 4. The maximum absolute atomic E-state index is 13.0. The Balaban J connectivity index is 1.89. The van der Waals surface area contributed by atoms with Crippen molar-refractivity contribution in [2.45, 2.75) is 76.8 Å². The van der Waals surface area contributed by atoms with E-state index in [-0.39, 0.29) is 36.9 Å². The van der Waals surface area contributed by atoms with Crippen LogP contribution < -0.4 is 16.1 Å².